The molecule has 84 valence electrons. The molecule has 3 heteroatoms. The molecule has 0 fully saturated rings. The second-order valence-corrected chi connectivity index (χ2v) is 3.71. The maximum atomic E-state index is 10.4. The van der Waals surface area contributed by atoms with Crippen molar-refractivity contribution in [3.8, 4) is 11.8 Å². The van der Waals surface area contributed by atoms with Crippen LogP contribution in [0, 0.1) is 11.8 Å². The molecule has 0 saturated heterocycles. The Kier molecular flexibility index (Phi) is 5.45. The molecule has 0 spiro atoms. The van der Waals surface area contributed by atoms with Crippen LogP contribution in [0.5, 0.6) is 0 Å². The van der Waals surface area contributed by atoms with Crippen LogP contribution in [0.3, 0.4) is 0 Å². The molecule has 0 aliphatic heterocycles. The summed E-state index contributed by atoms with van der Waals surface area (Å²) in [4.78, 5) is 10.4. The zero-order valence-corrected chi connectivity index (χ0v) is 9.63. The van der Waals surface area contributed by atoms with Crippen molar-refractivity contribution in [2.75, 3.05) is 5.88 Å². The number of aryl methyl sites for hydroxylation is 1. The van der Waals surface area contributed by atoms with Crippen LogP contribution in [0.1, 0.15) is 24.0 Å². The number of benzene rings is 1. The summed E-state index contributed by atoms with van der Waals surface area (Å²) in [6, 6.07) is 7.63. The number of hydrogen-bond acceptors (Lipinski definition) is 1. The molecular weight excluding hydrogens is 224 g/mol. The lowest BCUT2D eigenvalue weighted by molar-refractivity contribution is -0.136. The number of rotatable bonds is 4. The average molecular weight is 237 g/mol. The first-order chi connectivity index (χ1) is 7.72. The quantitative estimate of drug-likeness (QED) is 0.645. The fourth-order valence-corrected chi connectivity index (χ4v) is 1.36. The molecule has 0 saturated carbocycles. The van der Waals surface area contributed by atoms with Crippen LogP contribution in [0.2, 0.25) is 0 Å². The summed E-state index contributed by atoms with van der Waals surface area (Å²) in [5.74, 6) is 5.69. The Labute approximate surface area is 100 Å². The predicted molar refractivity (Wildman–Crippen MR) is 64.6 cm³/mol. The van der Waals surface area contributed by atoms with E-state index in [-0.39, 0.29) is 6.42 Å². The van der Waals surface area contributed by atoms with Crippen molar-refractivity contribution < 1.29 is 9.90 Å². The molecular formula is C13H13ClO2. The highest BCUT2D eigenvalue weighted by Crippen LogP contribution is 2.06. The van der Waals surface area contributed by atoms with Gasteiger partial charge in [0.05, 0.1) is 0 Å². The van der Waals surface area contributed by atoms with Crippen LogP contribution in [-0.2, 0) is 11.2 Å². The minimum atomic E-state index is -0.779. The van der Waals surface area contributed by atoms with E-state index in [0.717, 1.165) is 11.1 Å². The van der Waals surface area contributed by atoms with Crippen LogP contribution < -0.4 is 0 Å². The van der Waals surface area contributed by atoms with E-state index in [1.807, 2.05) is 24.3 Å². The van der Waals surface area contributed by atoms with Gasteiger partial charge in [0, 0.05) is 24.3 Å². The van der Waals surface area contributed by atoms with Crippen molar-refractivity contribution in [1.29, 1.82) is 0 Å². The van der Waals surface area contributed by atoms with Gasteiger partial charge in [-0.25, -0.2) is 0 Å². The number of carboxylic acid groups (broad SMARTS) is 1. The first-order valence-corrected chi connectivity index (χ1v) is 5.61. The first kappa shape index (κ1) is 12.6. The summed E-state index contributed by atoms with van der Waals surface area (Å²) in [6.45, 7) is 0. The number of carbonyl (C=O) groups is 1. The maximum absolute atomic E-state index is 10.4. The van der Waals surface area contributed by atoms with E-state index in [0.29, 0.717) is 18.7 Å². The molecule has 0 aliphatic carbocycles. The molecule has 0 aromatic heterocycles. The van der Waals surface area contributed by atoms with Crippen molar-refractivity contribution in [3.05, 3.63) is 35.4 Å². The number of aliphatic carboxylic acids is 1. The van der Waals surface area contributed by atoms with E-state index in [2.05, 4.69) is 11.8 Å². The molecule has 0 heterocycles. The fraction of sp³-hybridized carbons (Fsp3) is 0.308. The van der Waals surface area contributed by atoms with Crippen molar-refractivity contribution in [1.82, 2.24) is 0 Å². The van der Waals surface area contributed by atoms with E-state index in [4.69, 9.17) is 16.7 Å². The van der Waals surface area contributed by atoms with Crippen molar-refractivity contribution >= 4 is 17.6 Å². The molecule has 0 atom stereocenters. The van der Waals surface area contributed by atoms with Gasteiger partial charge < -0.3 is 5.11 Å². The zero-order chi connectivity index (χ0) is 11.8. The average Bonchev–Trinajstić information content (AvgIpc) is 2.27. The van der Waals surface area contributed by atoms with E-state index in [1.54, 1.807) is 0 Å². The third-order valence-electron chi connectivity index (χ3n) is 2.01. The molecule has 0 amide bonds. The fourth-order valence-electron chi connectivity index (χ4n) is 1.27. The standard InChI is InChI=1S/C13H13ClO2/c14-9-2-1-4-11-5-3-6-12(10-11)7-8-13(15)16/h3,5-6,10H,2,7-9H2,(H,15,16). The Morgan fingerprint density at radius 2 is 2.25 bits per heavy atom. The molecule has 1 aromatic rings. The molecule has 1 rings (SSSR count). The SMILES string of the molecule is O=C(O)CCc1cccc(C#CCCCl)c1. The van der Waals surface area contributed by atoms with Gasteiger partial charge in [0.2, 0.25) is 0 Å². The third-order valence-corrected chi connectivity index (χ3v) is 2.20. The van der Waals surface area contributed by atoms with Gasteiger partial charge in [0.25, 0.3) is 0 Å². The van der Waals surface area contributed by atoms with Gasteiger partial charge in [-0.3, -0.25) is 4.79 Å². The summed E-state index contributed by atoms with van der Waals surface area (Å²) in [6.07, 6.45) is 1.36. The normalized spacial score (nSPS) is 9.31. The minimum absolute atomic E-state index is 0.151. The molecule has 1 N–H and O–H groups in total. The van der Waals surface area contributed by atoms with Crippen LogP contribution >= 0.6 is 11.6 Å². The van der Waals surface area contributed by atoms with E-state index in [9.17, 15) is 4.79 Å². The lowest BCUT2D eigenvalue weighted by Gasteiger charge is -1.98. The lowest BCUT2D eigenvalue weighted by atomic mass is 10.1. The Morgan fingerprint density at radius 3 is 2.94 bits per heavy atom. The van der Waals surface area contributed by atoms with Crippen LogP contribution in [0.25, 0.3) is 0 Å². The predicted octanol–water partition coefficient (Wildman–Crippen LogP) is 2.68. The van der Waals surface area contributed by atoms with Gasteiger partial charge in [-0.15, -0.1) is 11.6 Å². The van der Waals surface area contributed by atoms with Crippen molar-refractivity contribution in [3.63, 3.8) is 0 Å². The van der Waals surface area contributed by atoms with Gasteiger partial charge in [0.15, 0.2) is 0 Å². The van der Waals surface area contributed by atoms with E-state index >= 15 is 0 Å². The number of carboxylic acids is 1. The van der Waals surface area contributed by atoms with Gasteiger partial charge in [-0.05, 0) is 24.1 Å². The monoisotopic (exact) mass is 236 g/mol. The summed E-state index contributed by atoms with van der Waals surface area (Å²) in [7, 11) is 0. The van der Waals surface area contributed by atoms with Crippen molar-refractivity contribution in [2.24, 2.45) is 0 Å². The Balaban J connectivity index is 2.64. The number of hydrogen-bond donors (Lipinski definition) is 1. The molecule has 16 heavy (non-hydrogen) atoms. The molecule has 0 bridgehead atoms. The number of alkyl halides is 1. The first-order valence-electron chi connectivity index (χ1n) is 5.08. The molecule has 0 aliphatic rings. The maximum Gasteiger partial charge on any atom is 0.303 e. The van der Waals surface area contributed by atoms with E-state index < -0.39 is 5.97 Å². The Hall–Kier alpha value is -1.46. The second-order valence-electron chi connectivity index (χ2n) is 3.33. The largest absolute Gasteiger partial charge is 0.481 e. The molecule has 0 unspecified atom stereocenters. The van der Waals surface area contributed by atoms with Crippen LogP contribution in [0.15, 0.2) is 24.3 Å². The summed E-state index contributed by atoms with van der Waals surface area (Å²) < 4.78 is 0. The van der Waals surface area contributed by atoms with Crippen molar-refractivity contribution in [2.45, 2.75) is 19.3 Å². The number of halogens is 1. The Bertz CT molecular complexity index is 415. The summed E-state index contributed by atoms with van der Waals surface area (Å²) >= 11 is 5.52. The smallest absolute Gasteiger partial charge is 0.303 e. The summed E-state index contributed by atoms with van der Waals surface area (Å²) in [5, 5.41) is 8.57. The third kappa shape index (κ3) is 4.86. The summed E-state index contributed by atoms with van der Waals surface area (Å²) in [5.41, 5.74) is 1.91. The van der Waals surface area contributed by atoms with Gasteiger partial charge in [0.1, 0.15) is 0 Å². The van der Waals surface area contributed by atoms with Gasteiger partial charge >= 0.3 is 5.97 Å². The van der Waals surface area contributed by atoms with Gasteiger partial charge in [-0.2, -0.15) is 0 Å². The molecule has 2 nitrogen and oxygen atoms in total. The van der Waals surface area contributed by atoms with Gasteiger partial charge in [-0.1, -0.05) is 24.0 Å². The second kappa shape index (κ2) is 6.92. The highest BCUT2D eigenvalue weighted by Gasteiger charge is 1.99. The highest BCUT2D eigenvalue weighted by molar-refractivity contribution is 6.18. The molecule has 1 aromatic carbocycles. The topological polar surface area (TPSA) is 37.3 Å². The van der Waals surface area contributed by atoms with Crippen LogP contribution in [0.4, 0.5) is 0 Å². The van der Waals surface area contributed by atoms with E-state index in [1.165, 1.54) is 0 Å². The Morgan fingerprint density at radius 1 is 1.44 bits per heavy atom. The lowest BCUT2D eigenvalue weighted by Crippen LogP contribution is -1.97. The molecule has 0 radical (unpaired) electrons. The zero-order valence-electron chi connectivity index (χ0n) is 8.87. The van der Waals surface area contributed by atoms with Crippen LogP contribution in [-0.4, -0.2) is 17.0 Å². The minimum Gasteiger partial charge on any atom is -0.481 e. The highest BCUT2D eigenvalue weighted by atomic mass is 35.5.